The molecule has 0 aromatic carbocycles. The summed E-state index contributed by atoms with van der Waals surface area (Å²) in [6.45, 7) is 1.84. The molecule has 0 N–H and O–H groups in total. The van der Waals surface area contributed by atoms with E-state index in [-0.39, 0.29) is 6.04 Å². The Bertz CT molecular complexity index is 431. The van der Waals surface area contributed by atoms with Crippen molar-refractivity contribution in [1.82, 2.24) is 13.6 Å². The minimum atomic E-state index is -3.38. The van der Waals surface area contributed by atoms with Gasteiger partial charge in [-0.2, -0.15) is 17.0 Å². The fourth-order valence-corrected chi connectivity index (χ4v) is 2.35. The zero-order chi connectivity index (χ0) is 12.3. The van der Waals surface area contributed by atoms with E-state index in [0.717, 1.165) is 5.56 Å². The van der Waals surface area contributed by atoms with Gasteiger partial charge in [0.1, 0.15) is 0 Å². The van der Waals surface area contributed by atoms with Crippen molar-refractivity contribution in [2.24, 2.45) is 0 Å². The fourth-order valence-electron chi connectivity index (χ4n) is 1.31. The highest BCUT2D eigenvalue weighted by molar-refractivity contribution is 7.86. The molecule has 0 fully saturated rings. The molecule has 1 heterocycles. The molecule has 0 aliphatic carbocycles. The van der Waals surface area contributed by atoms with E-state index in [9.17, 15) is 8.42 Å². The van der Waals surface area contributed by atoms with Gasteiger partial charge in [-0.15, -0.1) is 0 Å². The summed E-state index contributed by atoms with van der Waals surface area (Å²) in [4.78, 5) is 3.91. The molecule has 0 spiro atoms. The van der Waals surface area contributed by atoms with Crippen LogP contribution in [0.5, 0.6) is 0 Å². The van der Waals surface area contributed by atoms with Crippen molar-refractivity contribution in [2.75, 3.05) is 21.1 Å². The molecule has 0 saturated heterocycles. The first-order chi connectivity index (χ1) is 7.37. The molecule has 1 atom stereocenters. The standard InChI is InChI=1S/C10H17N3O2S/c1-9(10-5-7-11-8-6-10)13(4)16(14,15)12(2)3/h5-9H,1-4H3. The average Bonchev–Trinajstić information content (AvgIpc) is 2.28. The topological polar surface area (TPSA) is 53.5 Å². The molecule has 1 aromatic heterocycles. The van der Waals surface area contributed by atoms with Gasteiger partial charge in [0.15, 0.2) is 0 Å². The third-order valence-electron chi connectivity index (χ3n) is 2.56. The van der Waals surface area contributed by atoms with Crippen molar-refractivity contribution in [1.29, 1.82) is 0 Å². The number of hydrogen-bond donors (Lipinski definition) is 0. The lowest BCUT2D eigenvalue weighted by Crippen LogP contribution is -2.38. The van der Waals surface area contributed by atoms with Crippen LogP contribution in [0.25, 0.3) is 0 Å². The van der Waals surface area contributed by atoms with E-state index in [0.29, 0.717) is 0 Å². The van der Waals surface area contributed by atoms with Gasteiger partial charge in [0.25, 0.3) is 10.2 Å². The van der Waals surface area contributed by atoms with Gasteiger partial charge in [-0.1, -0.05) is 0 Å². The Morgan fingerprint density at radius 1 is 1.19 bits per heavy atom. The number of hydrogen-bond acceptors (Lipinski definition) is 3. The van der Waals surface area contributed by atoms with Crippen LogP contribution in [0.2, 0.25) is 0 Å². The Hall–Kier alpha value is -0.980. The van der Waals surface area contributed by atoms with Gasteiger partial charge in [0, 0.05) is 39.6 Å². The normalized spacial score (nSPS) is 14.4. The molecule has 0 radical (unpaired) electrons. The van der Waals surface area contributed by atoms with E-state index >= 15 is 0 Å². The van der Waals surface area contributed by atoms with E-state index in [2.05, 4.69) is 4.98 Å². The largest absolute Gasteiger partial charge is 0.281 e. The lowest BCUT2D eigenvalue weighted by molar-refractivity contribution is 0.364. The predicted molar refractivity (Wildman–Crippen MR) is 63.0 cm³/mol. The SMILES string of the molecule is CC(c1ccncc1)N(C)S(=O)(=O)N(C)C. The molecule has 90 valence electrons. The van der Waals surface area contributed by atoms with E-state index in [1.807, 2.05) is 19.1 Å². The molecule has 1 aromatic rings. The lowest BCUT2D eigenvalue weighted by atomic mass is 10.1. The maximum Gasteiger partial charge on any atom is 0.281 e. The van der Waals surface area contributed by atoms with Crippen LogP contribution >= 0.6 is 0 Å². The Morgan fingerprint density at radius 2 is 1.69 bits per heavy atom. The maximum absolute atomic E-state index is 11.9. The summed E-state index contributed by atoms with van der Waals surface area (Å²) in [5.74, 6) is 0. The Balaban J connectivity index is 2.96. The zero-order valence-corrected chi connectivity index (χ0v) is 10.8. The fraction of sp³-hybridized carbons (Fsp3) is 0.500. The summed E-state index contributed by atoms with van der Waals surface area (Å²) < 4.78 is 26.3. The second-order valence-electron chi connectivity index (χ2n) is 3.76. The first kappa shape index (κ1) is 13.1. The highest BCUT2D eigenvalue weighted by atomic mass is 32.2. The lowest BCUT2D eigenvalue weighted by Gasteiger charge is -2.27. The van der Waals surface area contributed by atoms with Crippen molar-refractivity contribution in [3.8, 4) is 0 Å². The summed E-state index contributed by atoms with van der Waals surface area (Å²) in [7, 11) is 1.23. The first-order valence-electron chi connectivity index (χ1n) is 4.92. The molecule has 5 nitrogen and oxygen atoms in total. The number of rotatable bonds is 4. The molecule has 1 unspecified atom stereocenters. The molecule has 0 aliphatic rings. The molecule has 16 heavy (non-hydrogen) atoms. The van der Waals surface area contributed by atoms with E-state index in [1.54, 1.807) is 19.4 Å². The third-order valence-corrected chi connectivity index (χ3v) is 4.53. The number of aromatic nitrogens is 1. The highest BCUT2D eigenvalue weighted by Gasteiger charge is 2.25. The van der Waals surface area contributed by atoms with Crippen LogP contribution in [0.15, 0.2) is 24.5 Å². The molecule has 0 saturated carbocycles. The van der Waals surface area contributed by atoms with Gasteiger partial charge < -0.3 is 0 Å². The smallest absolute Gasteiger partial charge is 0.265 e. The Labute approximate surface area is 96.9 Å². The molecule has 0 amide bonds. The van der Waals surface area contributed by atoms with Gasteiger partial charge in [-0.3, -0.25) is 4.98 Å². The monoisotopic (exact) mass is 243 g/mol. The van der Waals surface area contributed by atoms with E-state index < -0.39 is 10.2 Å². The van der Waals surface area contributed by atoms with Crippen LogP contribution in [0, 0.1) is 0 Å². The molecular weight excluding hydrogens is 226 g/mol. The zero-order valence-electron chi connectivity index (χ0n) is 9.95. The third kappa shape index (κ3) is 2.58. The van der Waals surface area contributed by atoms with Gasteiger partial charge in [-0.05, 0) is 24.6 Å². The van der Waals surface area contributed by atoms with Crippen LogP contribution in [0.3, 0.4) is 0 Å². The predicted octanol–water partition coefficient (Wildman–Crippen LogP) is 0.881. The minimum absolute atomic E-state index is 0.213. The summed E-state index contributed by atoms with van der Waals surface area (Å²) >= 11 is 0. The first-order valence-corrected chi connectivity index (χ1v) is 6.32. The summed E-state index contributed by atoms with van der Waals surface area (Å²) in [6.07, 6.45) is 3.31. The molecule has 0 bridgehead atoms. The van der Waals surface area contributed by atoms with E-state index in [4.69, 9.17) is 0 Å². The van der Waals surface area contributed by atoms with Crippen LogP contribution in [0.1, 0.15) is 18.5 Å². The van der Waals surface area contributed by atoms with E-state index in [1.165, 1.54) is 22.7 Å². The highest BCUT2D eigenvalue weighted by Crippen LogP contribution is 2.21. The van der Waals surface area contributed by atoms with Crippen molar-refractivity contribution in [2.45, 2.75) is 13.0 Å². The molecule has 6 heteroatoms. The van der Waals surface area contributed by atoms with Gasteiger partial charge >= 0.3 is 0 Å². The van der Waals surface area contributed by atoms with Crippen LogP contribution in [0.4, 0.5) is 0 Å². The quantitative estimate of drug-likeness (QED) is 0.789. The van der Waals surface area contributed by atoms with Gasteiger partial charge in [0.2, 0.25) is 0 Å². The summed E-state index contributed by atoms with van der Waals surface area (Å²) in [5.41, 5.74) is 0.919. The molecule has 1 rings (SSSR count). The summed E-state index contributed by atoms with van der Waals surface area (Å²) in [6, 6.07) is 3.41. The molecule has 0 aliphatic heterocycles. The van der Waals surface area contributed by atoms with Crippen molar-refractivity contribution < 1.29 is 8.42 Å². The number of nitrogens with zero attached hydrogens (tertiary/aromatic N) is 3. The van der Waals surface area contributed by atoms with Crippen LogP contribution in [-0.4, -0.2) is 43.2 Å². The van der Waals surface area contributed by atoms with Crippen molar-refractivity contribution >= 4 is 10.2 Å². The second kappa shape index (κ2) is 4.90. The average molecular weight is 243 g/mol. The van der Waals surface area contributed by atoms with Gasteiger partial charge in [-0.25, -0.2) is 0 Å². The maximum atomic E-state index is 11.9. The minimum Gasteiger partial charge on any atom is -0.265 e. The number of pyridine rings is 1. The van der Waals surface area contributed by atoms with Gasteiger partial charge in [0.05, 0.1) is 0 Å². The van der Waals surface area contributed by atoms with Crippen molar-refractivity contribution in [3.63, 3.8) is 0 Å². The Kier molecular flexibility index (Phi) is 4.01. The van der Waals surface area contributed by atoms with Crippen LogP contribution < -0.4 is 0 Å². The van der Waals surface area contributed by atoms with Crippen molar-refractivity contribution in [3.05, 3.63) is 30.1 Å². The molecular formula is C10H17N3O2S. The second-order valence-corrected chi connectivity index (χ2v) is 5.96. The summed E-state index contributed by atoms with van der Waals surface area (Å²) in [5, 5.41) is 0. The van der Waals surface area contributed by atoms with Crippen LogP contribution in [-0.2, 0) is 10.2 Å². The Morgan fingerprint density at radius 3 is 2.12 bits per heavy atom.